The van der Waals surface area contributed by atoms with Crippen molar-refractivity contribution < 1.29 is 22.7 Å². The van der Waals surface area contributed by atoms with Gasteiger partial charge in [0.15, 0.2) is 6.10 Å². The molecule has 0 spiro atoms. The minimum absolute atomic E-state index is 0.0175. The van der Waals surface area contributed by atoms with Crippen molar-refractivity contribution in [1.82, 2.24) is 9.62 Å². The molecule has 2 amide bonds. The predicted octanol–water partition coefficient (Wildman–Crippen LogP) is 4.95. The highest BCUT2D eigenvalue weighted by molar-refractivity contribution is 7.89. The first-order chi connectivity index (χ1) is 20.2. The number of ether oxygens (including phenoxy) is 1. The van der Waals surface area contributed by atoms with Gasteiger partial charge in [0.25, 0.3) is 5.91 Å². The van der Waals surface area contributed by atoms with E-state index in [0.29, 0.717) is 23.0 Å². The number of para-hydroxylation sites is 2. The van der Waals surface area contributed by atoms with Gasteiger partial charge in [-0.3, -0.25) is 9.59 Å². The van der Waals surface area contributed by atoms with Gasteiger partial charge in [-0.2, -0.15) is 4.31 Å². The summed E-state index contributed by atoms with van der Waals surface area (Å²) in [6, 6.07) is 29.6. The number of sulfonamides is 1. The second-order valence-electron chi connectivity index (χ2n) is 9.94. The standard InChI is InChI=1S/C32H30ClN3O5S/c1-23-9-5-6-12-25(23)20-35(42(39,40)27-17-15-26(33)16-18-27)22-31(37)36-21-30(41-29-14-8-7-13-28(29)36)32(38)34-19-24-10-3-2-4-11-24/h2-18,30H,19-22H2,1H3,(H,34,38)/t30-/m0/s1. The summed E-state index contributed by atoms with van der Waals surface area (Å²) >= 11 is 6.01. The molecule has 1 aliphatic rings. The number of amides is 2. The molecule has 4 aromatic carbocycles. The van der Waals surface area contributed by atoms with E-state index in [1.807, 2.05) is 61.5 Å². The zero-order chi connectivity index (χ0) is 29.7. The molecule has 0 aromatic heterocycles. The van der Waals surface area contributed by atoms with Gasteiger partial charge < -0.3 is 15.0 Å². The Kier molecular flexibility index (Phi) is 8.91. The summed E-state index contributed by atoms with van der Waals surface area (Å²) in [6.07, 6.45) is -0.981. The quantitative estimate of drug-likeness (QED) is 0.292. The van der Waals surface area contributed by atoms with Gasteiger partial charge in [-0.15, -0.1) is 0 Å². The van der Waals surface area contributed by atoms with E-state index in [4.69, 9.17) is 16.3 Å². The van der Waals surface area contributed by atoms with Gasteiger partial charge in [-0.05, 0) is 60.0 Å². The van der Waals surface area contributed by atoms with Gasteiger partial charge in [0, 0.05) is 18.1 Å². The van der Waals surface area contributed by atoms with Crippen LogP contribution in [0.4, 0.5) is 5.69 Å². The number of nitrogens with one attached hydrogen (secondary N) is 1. The van der Waals surface area contributed by atoms with Crippen molar-refractivity contribution in [2.75, 3.05) is 18.0 Å². The largest absolute Gasteiger partial charge is 0.477 e. The minimum Gasteiger partial charge on any atom is -0.477 e. The molecule has 0 bridgehead atoms. The maximum Gasteiger partial charge on any atom is 0.263 e. The van der Waals surface area contributed by atoms with Crippen LogP contribution in [0.1, 0.15) is 16.7 Å². The average molecular weight is 604 g/mol. The molecule has 4 aromatic rings. The van der Waals surface area contributed by atoms with Gasteiger partial charge in [-0.1, -0.05) is 78.3 Å². The Morgan fingerprint density at radius 1 is 0.929 bits per heavy atom. The number of benzene rings is 4. The van der Waals surface area contributed by atoms with Crippen molar-refractivity contribution in [2.24, 2.45) is 0 Å². The van der Waals surface area contributed by atoms with E-state index in [1.165, 1.54) is 29.2 Å². The Bertz CT molecular complexity index is 1680. The summed E-state index contributed by atoms with van der Waals surface area (Å²) < 4.78 is 34.8. The van der Waals surface area contributed by atoms with Crippen LogP contribution in [0.2, 0.25) is 5.02 Å². The topological polar surface area (TPSA) is 96.0 Å². The number of hydrogen-bond acceptors (Lipinski definition) is 5. The first-order valence-corrected chi connectivity index (χ1v) is 15.2. The van der Waals surface area contributed by atoms with Gasteiger partial charge in [0.2, 0.25) is 15.9 Å². The summed E-state index contributed by atoms with van der Waals surface area (Å²) in [5, 5.41) is 3.27. The summed E-state index contributed by atoms with van der Waals surface area (Å²) in [4.78, 5) is 28.5. The number of nitrogens with zero attached hydrogens (tertiary/aromatic N) is 2. The summed E-state index contributed by atoms with van der Waals surface area (Å²) in [6.45, 7) is 1.65. The fourth-order valence-electron chi connectivity index (χ4n) is 4.70. The first-order valence-electron chi connectivity index (χ1n) is 13.4. The maximum atomic E-state index is 13.9. The van der Waals surface area contributed by atoms with Crippen molar-refractivity contribution >= 4 is 39.1 Å². The molecule has 0 saturated carbocycles. The van der Waals surface area contributed by atoms with Crippen LogP contribution < -0.4 is 15.0 Å². The van der Waals surface area contributed by atoms with E-state index in [2.05, 4.69) is 5.32 Å². The molecule has 5 rings (SSSR count). The fourth-order valence-corrected chi connectivity index (χ4v) is 6.19. The molecule has 1 N–H and O–H groups in total. The van der Waals surface area contributed by atoms with Gasteiger partial charge in [0.05, 0.1) is 23.7 Å². The average Bonchev–Trinajstić information content (AvgIpc) is 3.00. The molecule has 0 unspecified atom stereocenters. The Balaban J connectivity index is 1.41. The summed E-state index contributed by atoms with van der Waals surface area (Å²) in [7, 11) is -4.10. The Labute approximate surface area is 250 Å². The van der Waals surface area contributed by atoms with Crippen molar-refractivity contribution in [1.29, 1.82) is 0 Å². The van der Waals surface area contributed by atoms with E-state index in [9.17, 15) is 18.0 Å². The Morgan fingerprint density at radius 2 is 1.60 bits per heavy atom. The molecule has 216 valence electrons. The number of hydrogen-bond donors (Lipinski definition) is 1. The third kappa shape index (κ3) is 6.65. The number of carbonyl (C=O) groups excluding carboxylic acids is 2. The predicted molar refractivity (Wildman–Crippen MR) is 162 cm³/mol. The SMILES string of the molecule is Cc1ccccc1CN(CC(=O)N1C[C@@H](C(=O)NCc2ccccc2)Oc2ccccc21)S(=O)(=O)c1ccc(Cl)cc1. The molecule has 1 atom stereocenters. The van der Waals surface area contributed by atoms with Crippen molar-refractivity contribution in [3.8, 4) is 5.75 Å². The molecule has 42 heavy (non-hydrogen) atoms. The molecule has 0 saturated heterocycles. The Morgan fingerprint density at radius 3 is 2.33 bits per heavy atom. The minimum atomic E-state index is -4.10. The van der Waals surface area contributed by atoms with Crippen molar-refractivity contribution in [3.63, 3.8) is 0 Å². The lowest BCUT2D eigenvalue weighted by molar-refractivity contribution is -0.128. The number of anilines is 1. The molecular formula is C32H30ClN3O5S. The van der Waals surface area contributed by atoms with Crippen LogP contribution in [0, 0.1) is 6.92 Å². The second kappa shape index (κ2) is 12.8. The molecule has 0 aliphatic carbocycles. The second-order valence-corrected chi connectivity index (χ2v) is 12.3. The van der Waals surface area contributed by atoms with Crippen LogP contribution in [-0.2, 0) is 32.7 Å². The molecule has 0 radical (unpaired) electrons. The highest BCUT2D eigenvalue weighted by Gasteiger charge is 2.36. The van der Waals surface area contributed by atoms with Crippen LogP contribution in [0.3, 0.4) is 0 Å². The number of halogens is 1. The molecule has 1 aliphatic heterocycles. The zero-order valence-electron chi connectivity index (χ0n) is 22.9. The van der Waals surface area contributed by atoms with Crippen LogP contribution >= 0.6 is 11.6 Å². The highest BCUT2D eigenvalue weighted by atomic mass is 35.5. The summed E-state index contributed by atoms with van der Waals surface area (Å²) in [5.41, 5.74) is 3.06. The van der Waals surface area contributed by atoms with Gasteiger partial charge in [0.1, 0.15) is 5.75 Å². The zero-order valence-corrected chi connectivity index (χ0v) is 24.5. The monoisotopic (exact) mass is 603 g/mol. The number of carbonyl (C=O) groups is 2. The van der Waals surface area contributed by atoms with E-state index < -0.39 is 28.6 Å². The number of fused-ring (bicyclic) bond motifs is 1. The van der Waals surface area contributed by atoms with E-state index >= 15 is 0 Å². The van der Waals surface area contributed by atoms with Crippen LogP contribution in [0.15, 0.2) is 108 Å². The van der Waals surface area contributed by atoms with Crippen LogP contribution in [0.5, 0.6) is 5.75 Å². The normalized spacial score (nSPS) is 14.6. The van der Waals surface area contributed by atoms with Crippen molar-refractivity contribution in [2.45, 2.75) is 31.0 Å². The lowest BCUT2D eigenvalue weighted by Crippen LogP contribution is -2.52. The van der Waals surface area contributed by atoms with Gasteiger partial charge >= 0.3 is 0 Å². The molecule has 8 nitrogen and oxygen atoms in total. The molecule has 1 heterocycles. The third-order valence-corrected chi connectivity index (χ3v) is 9.11. The molecule has 0 fully saturated rings. The summed E-state index contributed by atoms with van der Waals surface area (Å²) in [5.74, 6) is -0.502. The first kappa shape index (κ1) is 29.3. The number of rotatable bonds is 9. The molecule has 10 heteroatoms. The van der Waals surface area contributed by atoms with Crippen LogP contribution in [0.25, 0.3) is 0 Å². The fraction of sp³-hybridized carbons (Fsp3) is 0.188. The molecular weight excluding hydrogens is 574 g/mol. The third-order valence-electron chi connectivity index (χ3n) is 7.05. The smallest absolute Gasteiger partial charge is 0.263 e. The van der Waals surface area contributed by atoms with Gasteiger partial charge in [-0.25, -0.2) is 8.42 Å². The van der Waals surface area contributed by atoms with E-state index in [1.54, 1.807) is 24.3 Å². The Hall–Kier alpha value is -4.18. The lowest BCUT2D eigenvalue weighted by atomic mass is 10.1. The number of aryl methyl sites for hydroxylation is 1. The highest BCUT2D eigenvalue weighted by Crippen LogP contribution is 2.34. The lowest BCUT2D eigenvalue weighted by Gasteiger charge is -2.35. The van der Waals surface area contributed by atoms with Crippen molar-refractivity contribution in [3.05, 3.63) is 125 Å². The van der Waals surface area contributed by atoms with E-state index in [0.717, 1.165) is 21.0 Å². The van der Waals surface area contributed by atoms with E-state index in [-0.39, 0.29) is 23.9 Å². The van der Waals surface area contributed by atoms with Crippen LogP contribution in [-0.4, -0.2) is 43.7 Å². The maximum absolute atomic E-state index is 13.9.